The fourth-order valence-corrected chi connectivity index (χ4v) is 10.2. The molecule has 0 N–H and O–H groups in total. The number of hydrogen-bond acceptors (Lipinski definition) is 15. The van der Waals surface area contributed by atoms with E-state index >= 15 is 0 Å². The van der Waals surface area contributed by atoms with Gasteiger partial charge in [-0.2, -0.15) is 0 Å². The smallest absolute Gasteiger partial charge is 0.343 e. The lowest BCUT2D eigenvalue weighted by atomic mass is 10.1. The largest absolute Gasteiger partial charge is 0.423 e. The third kappa shape index (κ3) is 34.2. The van der Waals surface area contributed by atoms with Crippen LogP contribution in [0.5, 0.6) is 28.7 Å². The first-order chi connectivity index (χ1) is 50.5. The van der Waals surface area contributed by atoms with Crippen LogP contribution in [-0.2, 0) is 32.1 Å². The summed E-state index contributed by atoms with van der Waals surface area (Å²) in [4.78, 5) is 60.9. The Bertz CT molecular complexity index is 3790. The van der Waals surface area contributed by atoms with Crippen molar-refractivity contribution in [3.8, 4) is 28.7 Å². The van der Waals surface area contributed by atoms with Gasteiger partial charge in [-0.15, -0.1) is 63.1 Å². The standard InChI is InChI=1S/5C17H17FO2S.5FH/c5*1-2-3-4-12-5-7-13(8-6-12)17(19)20-14-9-10-16(21)15(18)11-14;;;;;/h5*5-11,21H,2-4H2,1H3;5*1H. The minimum atomic E-state index is -0.515. The first-order valence-corrected chi connectivity index (χ1v) is 36.7. The van der Waals surface area contributed by atoms with Crippen LogP contribution in [0.25, 0.3) is 0 Å². The van der Waals surface area contributed by atoms with E-state index in [4.69, 9.17) is 23.7 Å². The molecular formula is C85H90F10O10S5. The predicted octanol–water partition coefficient (Wildman–Crippen LogP) is 24.1. The molecule has 10 aromatic carbocycles. The molecule has 110 heavy (non-hydrogen) atoms. The maximum Gasteiger partial charge on any atom is 0.343 e. The molecule has 25 heteroatoms. The lowest BCUT2D eigenvalue weighted by molar-refractivity contribution is 0.0724. The van der Waals surface area contributed by atoms with Crippen LogP contribution in [0.3, 0.4) is 0 Å². The molecule has 0 aliphatic carbocycles. The Morgan fingerprint density at radius 2 is 0.373 bits per heavy atom. The van der Waals surface area contributed by atoms with Gasteiger partial charge < -0.3 is 23.7 Å². The Hall–Kier alpha value is -9.40. The van der Waals surface area contributed by atoms with Gasteiger partial charge in [0.25, 0.3) is 0 Å². The summed E-state index contributed by atoms with van der Waals surface area (Å²) in [5, 5.41) is 0. The number of carbonyl (C=O) groups excluding carboxylic acids is 5. The quantitative estimate of drug-likeness (QED) is 0.0163. The van der Waals surface area contributed by atoms with Crippen molar-refractivity contribution in [2.45, 2.75) is 155 Å². The number of aryl methyl sites for hydroxylation is 5. The van der Waals surface area contributed by atoms with Crippen molar-refractivity contribution < 1.29 is 93.1 Å². The van der Waals surface area contributed by atoms with Crippen molar-refractivity contribution >= 4 is 93.0 Å². The molecule has 0 fully saturated rings. The maximum absolute atomic E-state index is 13.3. The van der Waals surface area contributed by atoms with Crippen LogP contribution in [0, 0.1) is 29.1 Å². The summed E-state index contributed by atoms with van der Waals surface area (Å²) in [5.41, 5.74) is 8.22. The van der Waals surface area contributed by atoms with E-state index in [2.05, 4.69) is 97.8 Å². The molecule has 0 amide bonds. The number of halogens is 10. The number of rotatable bonds is 25. The van der Waals surface area contributed by atoms with Gasteiger partial charge in [0.05, 0.1) is 27.8 Å². The molecule has 0 atom stereocenters. The second kappa shape index (κ2) is 52.7. The van der Waals surface area contributed by atoms with E-state index in [9.17, 15) is 45.9 Å². The molecule has 0 radical (unpaired) electrons. The van der Waals surface area contributed by atoms with Crippen molar-refractivity contribution in [1.82, 2.24) is 0 Å². The molecule has 0 heterocycles. The molecule has 0 bridgehead atoms. The summed E-state index contributed by atoms with van der Waals surface area (Å²) in [6.07, 6.45) is 16.3. The molecule has 0 aliphatic heterocycles. The second-order valence-electron chi connectivity index (χ2n) is 24.0. The highest BCUT2D eigenvalue weighted by Crippen LogP contribution is 2.26. The zero-order valence-corrected chi connectivity index (χ0v) is 65.5. The maximum atomic E-state index is 13.3. The van der Waals surface area contributed by atoms with Gasteiger partial charge >= 0.3 is 29.8 Å². The average molecular weight is 1620 g/mol. The third-order valence-electron chi connectivity index (χ3n) is 15.7. The van der Waals surface area contributed by atoms with Gasteiger partial charge in [-0.1, -0.05) is 127 Å². The summed E-state index contributed by atoms with van der Waals surface area (Å²) >= 11 is 19.6. The fraction of sp³-hybridized carbons (Fsp3) is 0.235. The van der Waals surface area contributed by atoms with Crippen molar-refractivity contribution in [2.75, 3.05) is 0 Å². The monoisotopic (exact) mass is 1620 g/mol. The Balaban J connectivity index is 0.000000680. The van der Waals surface area contributed by atoms with E-state index < -0.39 is 58.9 Å². The number of esters is 5. The Labute approximate surface area is 663 Å². The summed E-state index contributed by atoms with van der Waals surface area (Å²) in [6.45, 7) is 10.7. The van der Waals surface area contributed by atoms with Gasteiger partial charge in [-0.05, 0) is 213 Å². The van der Waals surface area contributed by atoms with E-state index in [1.807, 2.05) is 60.7 Å². The molecule has 0 unspecified atom stereocenters. The van der Waals surface area contributed by atoms with Crippen LogP contribution in [0.4, 0.5) is 45.5 Å². The lowest BCUT2D eigenvalue weighted by Crippen LogP contribution is -2.08. The van der Waals surface area contributed by atoms with Gasteiger partial charge in [0.15, 0.2) is 0 Å². The lowest BCUT2D eigenvalue weighted by Gasteiger charge is -2.06. The van der Waals surface area contributed by atoms with E-state index in [1.54, 1.807) is 60.7 Å². The predicted molar refractivity (Wildman–Crippen MR) is 431 cm³/mol. The highest BCUT2D eigenvalue weighted by atomic mass is 32.1. The number of benzene rings is 10. The molecule has 0 aromatic heterocycles. The Morgan fingerprint density at radius 1 is 0.236 bits per heavy atom. The Morgan fingerprint density at radius 3 is 0.491 bits per heavy atom. The zero-order chi connectivity index (χ0) is 76.2. The van der Waals surface area contributed by atoms with Gasteiger partial charge in [0.1, 0.15) is 57.8 Å². The molecule has 590 valence electrons. The average Bonchev–Trinajstić information content (AvgIpc) is 0.874. The van der Waals surface area contributed by atoms with Gasteiger partial charge in [0.2, 0.25) is 0 Å². The Kier molecular flexibility index (Phi) is 47.2. The van der Waals surface area contributed by atoms with E-state index in [0.717, 1.165) is 127 Å². The van der Waals surface area contributed by atoms with Crippen LogP contribution in [0.1, 0.15) is 178 Å². The summed E-state index contributed by atoms with van der Waals surface area (Å²) in [5.74, 6) is -4.20. The molecular weight excluding hydrogens is 1530 g/mol. The topological polar surface area (TPSA) is 132 Å². The van der Waals surface area contributed by atoms with Gasteiger partial charge in [-0.3, -0.25) is 23.5 Å². The second-order valence-corrected chi connectivity index (χ2v) is 26.4. The van der Waals surface area contributed by atoms with Crippen LogP contribution >= 0.6 is 63.1 Å². The first-order valence-electron chi connectivity index (χ1n) is 34.5. The molecule has 0 saturated carbocycles. The highest BCUT2D eigenvalue weighted by molar-refractivity contribution is 7.81. The van der Waals surface area contributed by atoms with Crippen LogP contribution < -0.4 is 23.7 Å². The van der Waals surface area contributed by atoms with Gasteiger partial charge in [0, 0.05) is 54.8 Å². The van der Waals surface area contributed by atoms with Crippen molar-refractivity contribution in [2.24, 2.45) is 0 Å². The normalized spacial score (nSPS) is 9.95. The van der Waals surface area contributed by atoms with Gasteiger partial charge in [-0.25, -0.2) is 45.9 Å². The minimum Gasteiger partial charge on any atom is -0.423 e. The molecule has 0 aliphatic rings. The van der Waals surface area contributed by atoms with E-state index in [0.29, 0.717) is 27.8 Å². The molecule has 10 aromatic rings. The minimum absolute atomic E-state index is 0. The number of unbranched alkanes of at least 4 members (excludes halogenated alkanes) is 5. The number of ether oxygens (including phenoxy) is 5. The SMILES string of the molecule is CCCCc1ccc(C(=O)Oc2ccc(S)c(F)c2)cc1.CCCCc1ccc(C(=O)Oc2ccc(S)c(F)c2)cc1.CCCCc1ccc(C(=O)Oc2ccc(S)c(F)c2)cc1.CCCCc1ccc(C(=O)Oc2ccc(S)c(F)c2)cc1.CCCCc1ccc(C(=O)Oc2ccc(S)c(F)c2)cc1.F.F.F.F.F. The summed E-state index contributed by atoms with van der Waals surface area (Å²) in [7, 11) is 0. The molecule has 10 rings (SSSR count). The number of hydrogen-bond donors (Lipinski definition) is 5. The molecule has 10 nitrogen and oxygen atoms in total. The van der Waals surface area contributed by atoms with Crippen LogP contribution in [-0.4, -0.2) is 29.8 Å². The zero-order valence-electron chi connectivity index (χ0n) is 61.1. The van der Waals surface area contributed by atoms with Crippen LogP contribution in [0.2, 0.25) is 0 Å². The summed E-state index contributed by atoms with van der Waals surface area (Å²) < 4.78 is 92.4. The number of carbonyl (C=O) groups is 5. The number of thiol groups is 5. The first kappa shape index (κ1) is 98.6. The van der Waals surface area contributed by atoms with Crippen molar-refractivity contribution in [1.29, 1.82) is 0 Å². The molecule has 0 spiro atoms. The molecule has 0 saturated heterocycles. The van der Waals surface area contributed by atoms with Crippen molar-refractivity contribution in [3.63, 3.8) is 0 Å². The third-order valence-corrected chi connectivity index (χ3v) is 17.5. The summed E-state index contributed by atoms with van der Waals surface area (Å²) in [6, 6.07) is 57.1. The van der Waals surface area contributed by atoms with E-state index in [1.165, 1.54) is 88.5 Å². The van der Waals surface area contributed by atoms with Crippen LogP contribution in [0.15, 0.2) is 237 Å². The van der Waals surface area contributed by atoms with Crippen molar-refractivity contribution in [3.05, 3.63) is 297 Å². The fourth-order valence-electron chi connectivity index (χ4n) is 9.53. The highest BCUT2D eigenvalue weighted by Gasteiger charge is 2.16. The van der Waals surface area contributed by atoms with E-state index in [-0.39, 0.29) is 76.7 Å².